The lowest BCUT2D eigenvalue weighted by Gasteiger charge is -2.28. The molecule has 0 radical (unpaired) electrons. The lowest BCUT2D eigenvalue weighted by molar-refractivity contribution is 0.574. The molecule has 1 N–H and O–H groups in total. The van der Waals surface area contributed by atoms with E-state index in [2.05, 4.69) is 29.2 Å². The van der Waals surface area contributed by atoms with Crippen molar-refractivity contribution >= 4 is 11.4 Å². The van der Waals surface area contributed by atoms with E-state index in [9.17, 15) is 14.5 Å². The van der Waals surface area contributed by atoms with Gasteiger partial charge in [-0.2, -0.15) is 4.91 Å². The van der Waals surface area contributed by atoms with Crippen LogP contribution in [0.15, 0.2) is 14.8 Å². The fraction of sp³-hybridized carbons (Fsp3) is 0.818. The molecule has 0 aliphatic heterocycles. The highest BCUT2D eigenvalue weighted by molar-refractivity contribution is 5.75. The molecule has 28 heavy (non-hydrogen) atoms. The molecule has 0 aliphatic rings. The molecule has 1 aromatic rings. The van der Waals surface area contributed by atoms with Crippen LogP contribution in [-0.4, -0.2) is 26.2 Å². The Kier molecular flexibility index (Phi) is 13.2. The quantitative estimate of drug-likeness (QED) is 0.203. The summed E-state index contributed by atoms with van der Waals surface area (Å²) < 4.78 is 0. The summed E-state index contributed by atoms with van der Waals surface area (Å²) in [6.07, 6.45) is 14.4. The van der Waals surface area contributed by atoms with Crippen LogP contribution >= 0.6 is 0 Å². The molecule has 160 valence electrons. The van der Waals surface area contributed by atoms with Gasteiger partial charge in [-0.15, -0.1) is 0 Å². The Balaban J connectivity index is 2.61. The van der Waals surface area contributed by atoms with Gasteiger partial charge < -0.3 is 10.2 Å². The summed E-state index contributed by atoms with van der Waals surface area (Å²) >= 11 is 0. The highest BCUT2D eigenvalue weighted by Crippen LogP contribution is 2.22. The third kappa shape index (κ3) is 8.53. The second-order valence-electron chi connectivity index (χ2n) is 7.68. The second kappa shape index (κ2) is 15.2. The fourth-order valence-corrected chi connectivity index (χ4v) is 3.57. The van der Waals surface area contributed by atoms with Gasteiger partial charge in [0.05, 0.1) is 6.54 Å². The van der Waals surface area contributed by atoms with Gasteiger partial charge in [0.2, 0.25) is 0 Å². The van der Waals surface area contributed by atoms with Gasteiger partial charge in [0.15, 0.2) is 0 Å². The summed E-state index contributed by atoms with van der Waals surface area (Å²) in [5, 5.41) is 5.75. The zero-order valence-electron chi connectivity index (χ0n) is 17.9. The Hall–Kier alpha value is -1.72. The maximum Gasteiger partial charge on any atom is 0.253 e. The molecule has 0 atom stereocenters. The minimum absolute atomic E-state index is 0.0904. The third-order valence-electron chi connectivity index (χ3n) is 5.27. The van der Waals surface area contributed by atoms with E-state index < -0.39 is 10.9 Å². The van der Waals surface area contributed by atoms with Crippen LogP contribution < -0.4 is 21.1 Å². The van der Waals surface area contributed by atoms with Gasteiger partial charge in [-0.05, 0) is 12.8 Å². The number of unbranched alkanes of at least 4 members (excludes halogenated alkanes) is 10. The van der Waals surface area contributed by atoms with Crippen molar-refractivity contribution in [3.63, 3.8) is 0 Å². The molecule has 0 aliphatic carbocycles. The maximum atomic E-state index is 12.2. The van der Waals surface area contributed by atoms with Crippen LogP contribution in [0.25, 0.3) is 0 Å². The first kappa shape index (κ1) is 24.3. The van der Waals surface area contributed by atoms with E-state index in [0.29, 0.717) is 17.9 Å². The zero-order chi connectivity index (χ0) is 20.6. The van der Waals surface area contributed by atoms with Crippen molar-refractivity contribution in [1.82, 2.24) is 0 Å². The minimum Gasteiger partial charge on any atom is -0.378 e. The number of nitroso groups, excluding NO2 is 1. The standard InChI is InChI=1S/C22H39N3O3/c1-3-5-7-9-11-13-17-25(18-14-12-10-8-6-4-2)20-19(21(26)22(20)27)23-15-16-24-28/h23H,3-18H2,1-2H3. The molecule has 0 heterocycles. The van der Waals surface area contributed by atoms with Crippen LogP contribution in [0.3, 0.4) is 0 Å². The van der Waals surface area contributed by atoms with Gasteiger partial charge >= 0.3 is 0 Å². The van der Waals surface area contributed by atoms with Crippen molar-refractivity contribution in [2.75, 3.05) is 36.4 Å². The van der Waals surface area contributed by atoms with E-state index in [4.69, 9.17) is 0 Å². The molecular formula is C22H39N3O3. The number of nitrogens with zero attached hydrogens (tertiary/aromatic N) is 2. The van der Waals surface area contributed by atoms with Gasteiger partial charge in [-0.1, -0.05) is 83.2 Å². The first-order chi connectivity index (χ1) is 13.7. The highest BCUT2D eigenvalue weighted by Gasteiger charge is 2.25. The SMILES string of the molecule is CCCCCCCCN(CCCCCCCC)c1c(NCCN=O)c(=O)c1=O. The van der Waals surface area contributed by atoms with Gasteiger partial charge in [-0.25, -0.2) is 0 Å². The van der Waals surface area contributed by atoms with Crippen molar-refractivity contribution in [3.8, 4) is 0 Å². The van der Waals surface area contributed by atoms with Gasteiger partial charge in [0.25, 0.3) is 10.9 Å². The van der Waals surface area contributed by atoms with E-state index in [-0.39, 0.29) is 6.54 Å². The van der Waals surface area contributed by atoms with Crippen LogP contribution in [0.1, 0.15) is 90.9 Å². The zero-order valence-corrected chi connectivity index (χ0v) is 17.9. The summed E-state index contributed by atoms with van der Waals surface area (Å²) in [5.41, 5.74) is 0.0546. The van der Waals surface area contributed by atoms with E-state index in [1.807, 2.05) is 0 Å². The highest BCUT2D eigenvalue weighted by atomic mass is 16.3. The van der Waals surface area contributed by atoms with Crippen LogP contribution in [0, 0.1) is 4.91 Å². The Morgan fingerprint density at radius 1 is 0.750 bits per heavy atom. The lowest BCUT2D eigenvalue weighted by atomic mass is 10.1. The van der Waals surface area contributed by atoms with Crippen LogP contribution in [0.2, 0.25) is 0 Å². The molecule has 0 spiro atoms. The van der Waals surface area contributed by atoms with Crippen LogP contribution in [0.4, 0.5) is 11.4 Å². The predicted octanol–water partition coefficient (Wildman–Crippen LogP) is 4.99. The fourth-order valence-electron chi connectivity index (χ4n) is 3.57. The molecule has 0 aromatic heterocycles. The van der Waals surface area contributed by atoms with Crippen molar-refractivity contribution in [2.24, 2.45) is 5.18 Å². The number of rotatable bonds is 19. The van der Waals surface area contributed by atoms with Gasteiger partial charge in [-0.3, -0.25) is 9.59 Å². The Labute approximate surface area is 169 Å². The number of nitrogens with one attached hydrogen (secondary N) is 1. The third-order valence-corrected chi connectivity index (χ3v) is 5.27. The van der Waals surface area contributed by atoms with Crippen molar-refractivity contribution in [1.29, 1.82) is 0 Å². The normalized spacial score (nSPS) is 11.1. The Morgan fingerprint density at radius 3 is 1.75 bits per heavy atom. The molecule has 1 aromatic carbocycles. The van der Waals surface area contributed by atoms with Gasteiger partial charge in [0, 0.05) is 19.6 Å². The van der Waals surface area contributed by atoms with Crippen molar-refractivity contribution in [3.05, 3.63) is 25.4 Å². The molecule has 1 rings (SSSR count). The van der Waals surface area contributed by atoms with Crippen molar-refractivity contribution in [2.45, 2.75) is 90.9 Å². The van der Waals surface area contributed by atoms with E-state index in [1.165, 1.54) is 51.4 Å². The molecule has 0 fully saturated rings. The average Bonchev–Trinajstić information content (AvgIpc) is 2.71. The largest absolute Gasteiger partial charge is 0.378 e. The number of hydrogen-bond donors (Lipinski definition) is 1. The smallest absolute Gasteiger partial charge is 0.253 e. The number of hydrogen-bond acceptors (Lipinski definition) is 6. The Morgan fingerprint density at radius 2 is 1.25 bits per heavy atom. The summed E-state index contributed by atoms with van der Waals surface area (Å²) in [6, 6.07) is 0. The molecule has 0 unspecified atom stereocenters. The molecule has 6 heteroatoms. The van der Waals surface area contributed by atoms with Gasteiger partial charge in [0.1, 0.15) is 11.4 Å². The molecule has 0 amide bonds. The topological polar surface area (TPSA) is 78.8 Å². The molecule has 0 bridgehead atoms. The summed E-state index contributed by atoms with van der Waals surface area (Å²) in [5.74, 6) is 0. The summed E-state index contributed by atoms with van der Waals surface area (Å²) in [6.45, 7) is 6.43. The molecular weight excluding hydrogens is 354 g/mol. The van der Waals surface area contributed by atoms with E-state index >= 15 is 0 Å². The number of anilines is 2. The first-order valence-electron chi connectivity index (χ1n) is 11.3. The van der Waals surface area contributed by atoms with Crippen LogP contribution in [-0.2, 0) is 0 Å². The van der Waals surface area contributed by atoms with E-state index in [0.717, 1.165) is 38.8 Å². The minimum atomic E-state index is -0.461. The average molecular weight is 394 g/mol. The van der Waals surface area contributed by atoms with E-state index in [1.54, 1.807) is 0 Å². The summed E-state index contributed by atoms with van der Waals surface area (Å²) in [7, 11) is 0. The first-order valence-corrected chi connectivity index (χ1v) is 11.3. The predicted molar refractivity (Wildman–Crippen MR) is 119 cm³/mol. The molecule has 6 nitrogen and oxygen atoms in total. The molecule has 0 saturated carbocycles. The molecule has 0 saturated heterocycles. The van der Waals surface area contributed by atoms with Crippen molar-refractivity contribution < 1.29 is 0 Å². The summed E-state index contributed by atoms with van der Waals surface area (Å²) in [4.78, 5) is 36.6. The van der Waals surface area contributed by atoms with Crippen LogP contribution in [0.5, 0.6) is 0 Å². The lowest BCUT2D eigenvalue weighted by Crippen LogP contribution is -2.43. The maximum absolute atomic E-state index is 12.2. The monoisotopic (exact) mass is 393 g/mol. The Bertz CT molecular complexity index is 592. The second-order valence-corrected chi connectivity index (χ2v) is 7.68.